The van der Waals surface area contributed by atoms with Crippen molar-refractivity contribution < 1.29 is 27.8 Å². The molecule has 0 atom stereocenters. The normalized spacial score (nSPS) is 10.7. The van der Waals surface area contributed by atoms with Gasteiger partial charge in [-0.15, -0.1) is 0 Å². The number of aromatic nitrogens is 2. The van der Waals surface area contributed by atoms with Crippen molar-refractivity contribution in [3.05, 3.63) is 120 Å². The molecule has 240 valence electrons. The molecule has 10 nitrogen and oxygen atoms in total. The highest BCUT2D eigenvalue weighted by Gasteiger charge is 2.27. The second kappa shape index (κ2) is 15.0. The van der Waals surface area contributed by atoms with Crippen LogP contribution in [0.4, 0.5) is 14.5 Å². The third-order valence-electron chi connectivity index (χ3n) is 7.08. The largest absolute Gasteiger partial charge is 0.465 e. The van der Waals surface area contributed by atoms with E-state index in [9.17, 15) is 28.0 Å². The maximum Gasteiger partial charge on any atom is 0.340 e. The number of carbonyl (C=O) groups excluding carboxylic acids is 2. The van der Waals surface area contributed by atoms with Gasteiger partial charge in [-0.3, -0.25) is 9.59 Å². The van der Waals surface area contributed by atoms with Crippen LogP contribution < -0.4 is 16.9 Å². The van der Waals surface area contributed by atoms with Crippen LogP contribution in [0.25, 0.3) is 27.1 Å². The minimum absolute atomic E-state index is 0.0512. The van der Waals surface area contributed by atoms with E-state index in [0.717, 1.165) is 0 Å². The number of ether oxygens (including phenoxy) is 2. The van der Waals surface area contributed by atoms with Crippen molar-refractivity contribution in [2.75, 3.05) is 14.2 Å². The molecule has 4 N–H and O–H groups in total. The van der Waals surface area contributed by atoms with Gasteiger partial charge in [0, 0.05) is 34.6 Å². The van der Waals surface area contributed by atoms with Gasteiger partial charge in [0.2, 0.25) is 0 Å². The number of nitrogens with one attached hydrogen (secondary N) is 2. The Hall–Kier alpha value is -5.41. The predicted octanol–water partition coefficient (Wildman–Crippen LogP) is 6.19. The van der Waals surface area contributed by atoms with Gasteiger partial charge in [-0.05, 0) is 47.2 Å². The maximum atomic E-state index is 13.2. The van der Waals surface area contributed by atoms with Crippen molar-refractivity contribution in [2.24, 2.45) is 5.73 Å². The third kappa shape index (κ3) is 7.27. The number of hydrogen-bond donors (Lipinski definition) is 3. The summed E-state index contributed by atoms with van der Waals surface area (Å²) < 4.78 is 36.1. The Bertz CT molecular complexity index is 1910. The van der Waals surface area contributed by atoms with Crippen molar-refractivity contribution in [2.45, 2.75) is 46.1 Å². The fraction of sp³-hybridized carbons (Fsp3) is 0.265. The third-order valence-corrected chi connectivity index (χ3v) is 7.08. The zero-order chi connectivity index (χ0) is 34.3. The van der Waals surface area contributed by atoms with Gasteiger partial charge < -0.3 is 25.2 Å². The van der Waals surface area contributed by atoms with Crippen molar-refractivity contribution in [1.29, 1.82) is 0 Å². The number of benzene rings is 2. The average molecular weight is 633 g/mol. The van der Waals surface area contributed by atoms with Gasteiger partial charge in [-0.1, -0.05) is 52.0 Å². The Balaban J connectivity index is 0.000000250. The summed E-state index contributed by atoms with van der Waals surface area (Å²) >= 11 is 0. The molecule has 2 aromatic heterocycles. The van der Waals surface area contributed by atoms with Crippen LogP contribution in [0, 0.1) is 18.2 Å². The number of nitrogens with two attached hydrogens (primary N) is 1. The number of H-pyrrole nitrogens is 2. The second-order valence-corrected chi connectivity index (χ2v) is 10.7. The monoisotopic (exact) mass is 632 g/mol. The minimum atomic E-state index is -0.658. The second-order valence-electron chi connectivity index (χ2n) is 10.7. The van der Waals surface area contributed by atoms with E-state index in [4.69, 9.17) is 21.8 Å². The summed E-state index contributed by atoms with van der Waals surface area (Å²) in [4.78, 5) is 57.7. The maximum absolute atomic E-state index is 13.2. The quantitative estimate of drug-likeness (QED) is 0.162. The summed E-state index contributed by atoms with van der Waals surface area (Å²) in [6.07, 6.45) is 0. The molecule has 0 aliphatic rings. The van der Waals surface area contributed by atoms with Crippen molar-refractivity contribution in [3.63, 3.8) is 0 Å². The van der Waals surface area contributed by atoms with Gasteiger partial charge in [-0.2, -0.15) is 0 Å². The lowest BCUT2D eigenvalue weighted by atomic mass is 9.91. The molecule has 4 rings (SSSR count). The number of methoxy groups -OCH3 is 2. The van der Waals surface area contributed by atoms with E-state index in [0.29, 0.717) is 28.1 Å². The van der Waals surface area contributed by atoms with E-state index in [-0.39, 0.29) is 51.9 Å². The number of rotatable bonds is 7. The van der Waals surface area contributed by atoms with E-state index in [1.54, 1.807) is 0 Å². The summed E-state index contributed by atoms with van der Waals surface area (Å²) in [5.41, 5.74) is 7.56. The molecule has 0 spiro atoms. The lowest BCUT2D eigenvalue weighted by Gasteiger charge is -2.18. The Labute approximate surface area is 264 Å². The molecule has 12 heteroatoms. The van der Waals surface area contributed by atoms with Crippen molar-refractivity contribution in [1.82, 2.24) is 9.97 Å². The number of pyridine rings is 2. The van der Waals surface area contributed by atoms with Crippen LogP contribution in [-0.4, -0.2) is 36.1 Å². The number of esters is 2. The lowest BCUT2D eigenvalue weighted by Crippen LogP contribution is -2.24. The zero-order valence-electron chi connectivity index (χ0n) is 26.2. The molecule has 46 heavy (non-hydrogen) atoms. The van der Waals surface area contributed by atoms with Gasteiger partial charge in [0.1, 0.15) is 11.6 Å². The number of aromatic amines is 2. The first kappa shape index (κ1) is 35.1. The summed E-state index contributed by atoms with van der Waals surface area (Å²) in [5, 5.41) is 0. The number of hydrogen-bond acceptors (Lipinski definition) is 7. The first-order valence-electron chi connectivity index (χ1n) is 14.2. The molecule has 0 saturated carbocycles. The first-order valence-corrected chi connectivity index (χ1v) is 14.2. The smallest absolute Gasteiger partial charge is 0.340 e. The van der Waals surface area contributed by atoms with E-state index in [1.807, 2.05) is 27.7 Å². The molecule has 2 heterocycles. The fourth-order valence-corrected chi connectivity index (χ4v) is 4.90. The molecular weight excluding hydrogens is 598 g/mol. The van der Waals surface area contributed by atoms with E-state index < -0.39 is 29.1 Å². The van der Waals surface area contributed by atoms with Gasteiger partial charge in [0.15, 0.2) is 0 Å². The predicted molar refractivity (Wildman–Crippen MR) is 170 cm³/mol. The average Bonchev–Trinajstić information content (AvgIpc) is 3.04. The van der Waals surface area contributed by atoms with Crippen LogP contribution in [0.5, 0.6) is 0 Å². The van der Waals surface area contributed by atoms with Crippen LogP contribution in [0.3, 0.4) is 0 Å². The van der Waals surface area contributed by atoms with Crippen LogP contribution in [-0.2, 0) is 16.0 Å². The number of carbonyl (C=O) groups is 2. The molecule has 0 saturated heterocycles. The van der Waals surface area contributed by atoms with Crippen LogP contribution in [0.15, 0.2) is 58.1 Å². The molecular formula is C34H34F2N4O6. The molecule has 0 aliphatic heterocycles. The van der Waals surface area contributed by atoms with E-state index in [1.165, 1.54) is 62.8 Å². The Morgan fingerprint density at radius 1 is 0.761 bits per heavy atom. The molecule has 4 aromatic rings. The van der Waals surface area contributed by atoms with Crippen molar-refractivity contribution >= 4 is 17.6 Å². The Morgan fingerprint density at radius 3 is 1.52 bits per heavy atom. The molecule has 0 radical (unpaired) electrons. The highest BCUT2D eigenvalue weighted by Crippen LogP contribution is 2.35. The van der Waals surface area contributed by atoms with Gasteiger partial charge in [-0.25, -0.2) is 23.2 Å². The molecule has 0 aliphatic carbocycles. The van der Waals surface area contributed by atoms with Crippen LogP contribution in [0.2, 0.25) is 0 Å². The number of nitrogens with zero attached hydrogens (tertiary/aromatic N) is 1. The highest BCUT2D eigenvalue weighted by molar-refractivity contribution is 6.02. The van der Waals surface area contributed by atoms with Gasteiger partial charge >= 0.3 is 11.9 Å². The molecule has 2 aromatic carbocycles. The van der Waals surface area contributed by atoms with Gasteiger partial charge in [0.25, 0.3) is 16.8 Å². The zero-order valence-corrected chi connectivity index (χ0v) is 26.2. The van der Waals surface area contributed by atoms with Crippen LogP contribution in [0.1, 0.15) is 77.2 Å². The minimum Gasteiger partial charge on any atom is -0.465 e. The van der Waals surface area contributed by atoms with Crippen molar-refractivity contribution in [3.8, 4) is 22.3 Å². The van der Waals surface area contributed by atoms with E-state index in [2.05, 4.69) is 14.8 Å². The van der Waals surface area contributed by atoms with Gasteiger partial charge in [0.05, 0.1) is 31.9 Å². The topological polar surface area (TPSA) is 149 Å². The molecule has 0 bridgehead atoms. The summed E-state index contributed by atoms with van der Waals surface area (Å²) in [6, 6.07) is 10.8. The molecule has 0 fully saturated rings. The summed E-state index contributed by atoms with van der Waals surface area (Å²) in [6.45, 7) is 14.5. The molecule has 0 amide bonds. The Kier molecular flexibility index (Phi) is 11.5. The summed E-state index contributed by atoms with van der Waals surface area (Å²) in [7, 11) is 2.50. The fourth-order valence-electron chi connectivity index (χ4n) is 4.90. The first-order chi connectivity index (χ1) is 21.8. The summed E-state index contributed by atoms with van der Waals surface area (Å²) in [5.74, 6) is -2.37. The lowest BCUT2D eigenvalue weighted by molar-refractivity contribution is 0.0590. The molecule has 0 unspecified atom stereocenters. The number of halogens is 2. The Morgan fingerprint density at radius 2 is 1.15 bits per heavy atom. The SMILES string of the molecule is COC(=O)c1c(C(C)C)[nH]c(=O)c(CN)c1-c1ccc(F)cc1.[C-]#[N+]c1c(-c2ccc(F)cc2)c(C(=O)OC)c(C(C)C)[nH]c1=O. The standard InChI is InChI=1S/C17H15FN2O3.C17H19FN2O3/c1-9(2)14-13(17(22)23-4)12(15(19-3)16(21)20-14)10-5-7-11(18)8-6-10;1-9(2)15-14(17(22)23-3)13(12(8-19)16(21)20-15)10-4-6-11(18)7-5-10/h5-9H,1-2,4H3,(H,20,21);4-7,9H,8,19H2,1-3H3,(H,20,21). The van der Waals surface area contributed by atoms with Crippen LogP contribution >= 0.6 is 0 Å². The highest BCUT2D eigenvalue weighted by atomic mass is 19.1. The van der Waals surface area contributed by atoms with E-state index >= 15 is 0 Å².